The Morgan fingerprint density at radius 2 is 2.11 bits per heavy atom. The molecule has 3 nitrogen and oxygen atoms in total. The van der Waals surface area contributed by atoms with E-state index in [-0.39, 0.29) is 0 Å². The van der Waals surface area contributed by atoms with Crippen molar-refractivity contribution >= 4 is 21.9 Å². The number of hydrogen-bond donors (Lipinski definition) is 1. The normalized spacial score (nSPS) is 11.8. The Hall–Kier alpha value is -0.870. The maximum absolute atomic E-state index is 11.0. The first-order valence-electron chi connectivity index (χ1n) is 5.97. The second kappa shape index (κ2) is 6.34. The standard InChI is InChI=1S/C14H20BrNO2/c1-14(2,13(17)18)10-16(3)8-7-11-5-4-6-12(15)9-11/h4-6,9H,7-8,10H2,1-3H3,(H,17,18). The highest BCUT2D eigenvalue weighted by Crippen LogP contribution is 2.17. The summed E-state index contributed by atoms with van der Waals surface area (Å²) in [5.74, 6) is -0.753. The van der Waals surface area contributed by atoms with Crippen LogP contribution in [0.2, 0.25) is 0 Å². The largest absolute Gasteiger partial charge is 0.481 e. The lowest BCUT2D eigenvalue weighted by molar-refractivity contribution is -0.147. The number of benzene rings is 1. The highest BCUT2D eigenvalue weighted by atomic mass is 79.9. The maximum atomic E-state index is 11.0. The number of nitrogens with zero attached hydrogens (tertiary/aromatic N) is 1. The molecule has 0 spiro atoms. The lowest BCUT2D eigenvalue weighted by atomic mass is 9.93. The molecular weight excluding hydrogens is 294 g/mol. The van der Waals surface area contributed by atoms with Gasteiger partial charge in [-0.05, 0) is 45.0 Å². The van der Waals surface area contributed by atoms with Gasteiger partial charge in [0.2, 0.25) is 0 Å². The molecule has 0 fully saturated rings. The fourth-order valence-electron chi connectivity index (χ4n) is 1.83. The summed E-state index contributed by atoms with van der Waals surface area (Å²) >= 11 is 3.45. The second-order valence-electron chi connectivity index (χ2n) is 5.31. The van der Waals surface area contributed by atoms with Gasteiger partial charge >= 0.3 is 5.97 Å². The van der Waals surface area contributed by atoms with Crippen LogP contribution in [-0.2, 0) is 11.2 Å². The zero-order chi connectivity index (χ0) is 13.8. The predicted molar refractivity (Wildman–Crippen MR) is 76.8 cm³/mol. The van der Waals surface area contributed by atoms with E-state index < -0.39 is 11.4 Å². The number of carboxylic acid groups (broad SMARTS) is 1. The van der Waals surface area contributed by atoms with Crippen LogP contribution >= 0.6 is 15.9 Å². The summed E-state index contributed by atoms with van der Waals surface area (Å²) in [6.07, 6.45) is 0.922. The van der Waals surface area contributed by atoms with Crippen LogP contribution in [0.25, 0.3) is 0 Å². The van der Waals surface area contributed by atoms with Crippen molar-refractivity contribution in [2.24, 2.45) is 5.41 Å². The van der Waals surface area contributed by atoms with Gasteiger partial charge in [-0.15, -0.1) is 0 Å². The molecule has 1 aromatic rings. The number of carbonyl (C=O) groups is 1. The first-order valence-corrected chi connectivity index (χ1v) is 6.77. The third kappa shape index (κ3) is 4.78. The molecule has 0 aliphatic heterocycles. The van der Waals surface area contributed by atoms with E-state index >= 15 is 0 Å². The molecule has 100 valence electrons. The molecule has 0 aromatic heterocycles. The van der Waals surface area contributed by atoms with Crippen LogP contribution < -0.4 is 0 Å². The van der Waals surface area contributed by atoms with Crippen LogP contribution in [0.3, 0.4) is 0 Å². The molecule has 1 aromatic carbocycles. The summed E-state index contributed by atoms with van der Waals surface area (Å²) in [7, 11) is 1.96. The topological polar surface area (TPSA) is 40.5 Å². The van der Waals surface area contributed by atoms with Gasteiger partial charge in [-0.2, -0.15) is 0 Å². The number of halogens is 1. The molecule has 18 heavy (non-hydrogen) atoms. The quantitative estimate of drug-likeness (QED) is 0.877. The van der Waals surface area contributed by atoms with E-state index in [1.165, 1.54) is 5.56 Å². The third-order valence-electron chi connectivity index (χ3n) is 2.92. The van der Waals surface area contributed by atoms with Gasteiger partial charge in [-0.25, -0.2) is 0 Å². The SMILES string of the molecule is CN(CCc1cccc(Br)c1)CC(C)(C)C(=O)O. The fraction of sp³-hybridized carbons (Fsp3) is 0.500. The minimum atomic E-state index is -0.753. The van der Waals surface area contributed by atoms with Gasteiger partial charge in [0.25, 0.3) is 0 Å². The lowest BCUT2D eigenvalue weighted by Crippen LogP contribution is -2.38. The van der Waals surface area contributed by atoms with E-state index in [0.29, 0.717) is 6.54 Å². The Kier molecular flexibility index (Phi) is 5.35. The lowest BCUT2D eigenvalue weighted by Gasteiger charge is -2.26. The number of hydrogen-bond acceptors (Lipinski definition) is 2. The summed E-state index contributed by atoms with van der Waals surface area (Å²) in [5, 5.41) is 9.08. The number of carboxylic acids is 1. The molecule has 0 aliphatic carbocycles. The van der Waals surface area contributed by atoms with Crippen molar-refractivity contribution < 1.29 is 9.90 Å². The Labute approximate surface area is 117 Å². The van der Waals surface area contributed by atoms with Crippen LogP contribution in [0, 0.1) is 5.41 Å². The average Bonchev–Trinajstić information content (AvgIpc) is 2.25. The predicted octanol–water partition coefficient (Wildman–Crippen LogP) is 3.03. The van der Waals surface area contributed by atoms with Crippen molar-refractivity contribution in [3.05, 3.63) is 34.3 Å². The zero-order valence-corrected chi connectivity index (χ0v) is 12.7. The molecular formula is C14H20BrNO2. The number of rotatable bonds is 6. The highest BCUT2D eigenvalue weighted by molar-refractivity contribution is 9.10. The highest BCUT2D eigenvalue weighted by Gasteiger charge is 2.28. The van der Waals surface area contributed by atoms with Gasteiger partial charge in [-0.3, -0.25) is 4.79 Å². The van der Waals surface area contributed by atoms with Gasteiger partial charge in [-0.1, -0.05) is 28.1 Å². The van der Waals surface area contributed by atoms with Crippen molar-refractivity contribution in [1.82, 2.24) is 4.90 Å². The van der Waals surface area contributed by atoms with E-state index in [9.17, 15) is 4.79 Å². The van der Waals surface area contributed by atoms with Crippen molar-refractivity contribution in [2.45, 2.75) is 20.3 Å². The van der Waals surface area contributed by atoms with Crippen molar-refractivity contribution in [3.63, 3.8) is 0 Å². The Morgan fingerprint density at radius 1 is 1.44 bits per heavy atom. The smallest absolute Gasteiger partial charge is 0.310 e. The van der Waals surface area contributed by atoms with Crippen LogP contribution in [0.5, 0.6) is 0 Å². The van der Waals surface area contributed by atoms with Crippen LogP contribution in [0.15, 0.2) is 28.7 Å². The Bertz CT molecular complexity index is 418. The van der Waals surface area contributed by atoms with E-state index in [0.717, 1.165) is 17.4 Å². The molecule has 0 bridgehead atoms. The fourth-order valence-corrected chi connectivity index (χ4v) is 2.28. The molecule has 1 N–H and O–H groups in total. The average molecular weight is 314 g/mol. The van der Waals surface area contributed by atoms with E-state index in [2.05, 4.69) is 33.0 Å². The van der Waals surface area contributed by atoms with Gasteiger partial charge < -0.3 is 10.0 Å². The van der Waals surface area contributed by atoms with E-state index in [4.69, 9.17) is 5.11 Å². The summed E-state index contributed by atoms with van der Waals surface area (Å²) in [5.41, 5.74) is 0.552. The minimum Gasteiger partial charge on any atom is -0.481 e. The Morgan fingerprint density at radius 3 is 2.67 bits per heavy atom. The van der Waals surface area contributed by atoms with Crippen molar-refractivity contribution in [3.8, 4) is 0 Å². The summed E-state index contributed by atoms with van der Waals surface area (Å²) in [6, 6.07) is 8.19. The molecule has 4 heteroatoms. The van der Waals surface area contributed by atoms with Gasteiger partial charge in [0.15, 0.2) is 0 Å². The molecule has 0 unspecified atom stereocenters. The van der Waals surface area contributed by atoms with Crippen LogP contribution in [0.4, 0.5) is 0 Å². The second-order valence-corrected chi connectivity index (χ2v) is 6.22. The zero-order valence-electron chi connectivity index (χ0n) is 11.1. The molecule has 0 heterocycles. The monoisotopic (exact) mass is 313 g/mol. The number of likely N-dealkylation sites (N-methyl/N-ethyl adjacent to an activating group) is 1. The third-order valence-corrected chi connectivity index (χ3v) is 3.41. The molecule has 0 saturated heterocycles. The molecule has 0 saturated carbocycles. The van der Waals surface area contributed by atoms with E-state index in [1.807, 2.05) is 19.2 Å². The number of aliphatic carboxylic acids is 1. The van der Waals surface area contributed by atoms with Crippen molar-refractivity contribution in [2.75, 3.05) is 20.1 Å². The van der Waals surface area contributed by atoms with Crippen molar-refractivity contribution in [1.29, 1.82) is 0 Å². The summed E-state index contributed by atoms with van der Waals surface area (Å²) < 4.78 is 1.08. The van der Waals surface area contributed by atoms with Gasteiger partial charge in [0.05, 0.1) is 5.41 Å². The Balaban J connectivity index is 2.47. The molecule has 0 aliphatic rings. The maximum Gasteiger partial charge on any atom is 0.310 e. The molecule has 0 amide bonds. The minimum absolute atomic E-state index is 0.552. The van der Waals surface area contributed by atoms with Crippen LogP contribution in [0.1, 0.15) is 19.4 Å². The molecule has 1 rings (SSSR count). The van der Waals surface area contributed by atoms with Gasteiger partial charge in [0.1, 0.15) is 0 Å². The van der Waals surface area contributed by atoms with Gasteiger partial charge in [0, 0.05) is 17.6 Å². The summed E-state index contributed by atoms with van der Waals surface area (Å²) in [4.78, 5) is 13.1. The first-order chi connectivity index (χ1) is 8.31. The first kappa shape index (κ1) is 15.2. The summed E-state index contributed by atoms with van der Waals surface area (Å²) in [6.45, 7) is 4.92. The van der Waals surface area contributed by atoms with E-state index in [1.54, 1.807) is 13.8 Å². The molecule has 0 atom stereocenters. The molecule has 0 radical (unpaired) electrons. The van der Waals surface area contributed by atoms with Crippen LogP contribution in [-0.4, -0.2) is 36.1 Å².